The van der Waals surface area contributed by atoms with Crippen LogP contribution in [0.1, 0.15) is 48.3 Å². The molecule has 0 spiro atoms. The molecule has 2 heterocycles. The number of Topliss-reactive ketones (excluding diaryl/α,β-unsaturated/α-hetero) is 1. The van der Waals surface area contributed by atoms with Gasteiger partial charge in [0.1, 0.15) is 29.1 Å². The Morgan fingerprint density at radius 1 is 1.09 bits per heavy atom. The maximum atomic E-state index is 13.3. The predicted molar refractivity (Wildman–Crippen MR) is 133 cm³/mol. The summed E-state index contributed by atoms with van der Waals surface area (Å²) in [6.07, 6.45) is 1.45. The quantitative estimate of drug-likeness (QED) is 0.256. The Morgan fingerprint density at radius 2 is 1.80 bits per heavy atom. The zero-order valence-corrected chi connectivity index (χ0v) is 20.8. The maximum absolute atomic E-state index is 13.3. The molecule has 8 heteroatoms. The van der Waals surface area contributed by atoms with Gasteiger partial charge in [0.15, 0.2) is 0 Å². The second kappa shape index (κ2) is 9.50. The van der Waals surface area contributed by atoms with Crippen molar-refractivity contribution >= 4 is 34.7 Å². The third-order valence-corrected chi connectivity index (χ3v) is 6.42. The number of ketones is 1. The Bertz CT molecular complexity index is 1330. The lowest BCUT2D eigenvalue weighted by Gasteiger charge is -2.24. The van der Waals surface area contributed by atoms with Crippen molar-refractivity contribution in [1.82, 2.24) is 0 Å². The number of aliphatic hydroxyl groups excluding tert-OH is 1. The summed E-state index contributed by atoms with van der Waals surface area (Å²) in [5.41, 5.74) is 2.30. The van der Waals surface area contributed by atoms with E-state index < -0.39 is 17.7 Å². The molecule has 1 atom stereocenters. The molecule has 1 saturated heterocycles. The Hall–Kier alpha value is -3.71. The van der Waals surface area contributed by atoms with Gasteiger partial charge in [-0.2, -0.15) is 0 Å². The summed E-state index contributed by atoms with van der Waals surface area (Å²) in [5.74, 6) is -0.369. The molecule has 2 aromatic carbocycles. The van der Waals surface area contributed by atoms with Crippen molar-refractivity contribution in [3.05, 3.63) is 81.8 Å². The molecular weight excluding hydrogens is 470 g/mol. The molecule has 1 fully saturated rings. The van der Waals surface area contributed by atoms with Gasteiger partial charge >= 0.3 is 0 Å². The molecule has 1 aromatic heterocycles. The van der Waals surface area contributed by atoms with Gasteiger partial charge in [-0.3, -0.25) is 14.5 Å². The first-order valence-corrected chi connectivity index (χ1v) is 11.4. The fourth-order valence-corrected chi connectivity index (χ4v) is 4.60. The van der Waals surface area contributed by atoms with Crippen LogP contribution in [0.5, 0.6) is 11.5 Å². The van der Waals surface area contributed by atoms with E-state index in [-0.39, 0.29) is 22.3 Å². The van der Waals surface area contributed by atoms with Gasteiger partial charge < -0.3 is 19.0 Å². The summed E-state index contributed by atoms with van der Waals surface area (Å²) in [7, 11) is 3.07. The van der Waals surface area contributed by atoms with Crippen LogP contribution in [0.2, 0.25) is 5.02 Å². The van der Waals surface area contributed by atoms with Gasteiger partial charge in [0.2, 0.25) is 0 Å². The fraction of sp³-hybridized carbons (Fsp3) is 0.259. The SMILES string of the molecule is COc1ccc(N2C(=O)C(=O)/C(=C(/O)c3cc(C(C)C)c(OC)cc3C)C2c2ccco2)cc1Cl. The van der Waals surface area contributed by atoms with Crippen LogP contribution < -0.4 is 14.4 Å². The van der Waals surface area contributed by atoms with E-state index in [1.807, 2.05) is 26.8 Å². The molecule has 1 unspecified atom stereocenters. The van der Waals surface area contributed by atoms with Gasteiger partial charge in [-0.15, -0.1) is 0 Å². The number of hydrogen-bond acceptors (Lipinski definition) is 6. The number of rotatable bonds is 6. The summed E-state index contributed by atoms with van der Waals surface area (Å²) >= 11 is 6.31. The largest absolute Gasteiger partial charge is 0.507 e. The molecule has 3 aromatic rings. The highest BCUT2D eigenvalue weighted by molar-refractivity contribution is 6.51. The number of aliphatic hydroxyl groups is 1. The minimum absolute atomic E-state index is 0.0696. The van der Waals surface area contributed by atoms with Crippen LogP contribution in [0.25, 0.3) is 5.76 Å². The molecule has 1 N–H and O–H groups in total. The number of anilines is 1. The third kappa shape index (κ3) is 4.17. The van der Waals surface area contributed by atoms with Crippen LogP contribution in [0.3, 0.4) is 0 Å². The molecule has 35 heavy (non-hydrogen) atoms. The lowest BCUT2D eigenvalue weighted by atomic mass is 9.92. The molecular formula is C27H26ClNO6. The lowest BCUT2D eigenvalue weighted by Crippen LogP contribution is -2.29. The van der Waals surface area contributed by atoms with Crippen LogP contribution in [0.15, 0.2) is 58.7 Å². The smallest absolute Gasteiger partial charge is 0.300 e. The first-order chi connectivity index (χ1) is 16.7. The highest BCUT2D eigenvalue weighted by Crippen LogP contribution is 2.44. The van der Waals surface area contributed by atoms with E-state index in [4.69, 9.17) is 25.5 Å². The number of ether oxygens (including phenoxy) is 2. The summed E-state index contributed by atoms with van der Waals surface area (Å²) in [4.78, 5) is 27.9. The number of carbonyl (C=O) groups is 2. The number of hydrogen-bond donors (Lipinski definition) is 1. The predicted octanol–water partition coefficient (Wildman–Crippen LogP) is 6.01. The van der Waals surface area contributed by atoms with E-state index in [0.29, 0.717) is 34.1 Å². The molecule has 1 aliphatic heterocycles. The minimum atomic E-state index is -0.988. The van der Waals surface area contributed by atoms with Gasteiger partial charge in [-0.25, -0.2) is 0 Å². The molecule has 0 bridgehead atoms. The molecule has 182 valence electrons. The van der Waals surface area contributed by atoms with Crippen molar-refractivity contribution in [2.75, 3.05) is 19.1 Å². The number of furan rings is 1. The van der Waals surface area contributed by atoms with Crippen LogP contribution in [0.4, 0.5) is 5.69 Å². The van der Waals surface area contributed by atoms with E-state index in [0.717, 1.165) is 5.56 Å². The lowest BCUT2D eigenvalue weighted by molar-refractivity contribution is -0.132. The van der Waals surface area contributed by atoms with Gasteiger partial charge in [-0.1, -0.05) is 25.4 Å². The molecule has 0 saturated carbocycles. The minimum Gasteiger partial charge on any atom is -0.507 e. The zero-order chi connectivity index (χ0) is 25.4. The Kier molecular flexibility index (Phi) is 6.63. The van der Waals surface area contributed by atoms with E-state index in [2.05, 4.69) is 0 Å². The number of methoxy groups -OCH3 is 2. The van der Waals surface area contributed by atoms with Crippen LogP contribution >= 0.6 is 11.6 Å². The monoisotopic (exact) mass is 495 g/mol. The third-order valence-electron chi connectivity index (χ3n) is 6.12. The Morgan fingerprint density at radius 3 is 2.37 bits per heavy atom. The topological polar surface area (TPSA) is 89.2 Å². The maximum Gasteiger partial charge on any atom is 0.300 e. The highest BCUT2D eigenvalue weighted by atomic mass is 35.5. The van der Waals surface area contributed by atoms with Crippen molar-refractivity contribution in [3.63, 3.8) is 0 Å². The molecule has 1 amide bonds. The van der Waals surface area contributed by atoms with Crippen molar-refractivity contribution in [2.24, 2.45) is 0 Å². The summed E-state index contributed by atoms with van der Waals surface area (Å²) in [6.45, 7) is 5.82. The second-order valence-corrected chi connectivity index (χ2v) is 8.97. The van der Waals surface area contributed by atoms with E-state index in [9.17, 15) is 14.7 Å². The summed E-state index contributed by atoms with van der Waals surface area (Å²) < 4.78 is 16.3. The molecule has 1 aliphatic rings. The van der Waals surface area contributed by atoms with Gasteiger partial charge in [-0.05, 0) is 66.4 Å². The molecule has 7 nitrogen and oxygen atoms in total. The van der Waals surface area contributed by atoms with Gasteiger partial charge in [0.05, 0.1) is 31.1 Å². The average molecular weight is 496 g/mol. The second-order valence-electron chi connectivity index (χ2n) is 8.57. The highest BCUT2D eigenvalue weighted by Gasteiger charge is 2.48. The number of amides is 1. The van der Waals surface area contributed by atoms with Crippen molar-refractivity contribution in [1.29, 1.82) is 0 Å². The molecule has 0 radical (unpaired) electrons. The zero-order valence-electron chi connectivity index (χ0n) is 20.1. The van der Waals surface area contributed by atoms with Crippen LogP contribution in [-0.4, -0.2) is 31.0 Å². The van der Waals surface area contributed by atoms with Crippen molar-refractivity contribution < 1.29 is 28.6 Å². The normalized spacial score (nSPS) is 17.3. The van der Waals surface area contributed by atoms with Crippen LogP contribution in [-0.2, 0) is 9.59 Å². The fourth-order valence-electron chi connectivity index (χ4n) is 4.35. The average Bonchev–Trinajstić information content (AvgIpc) is 3.45. The van der Waals surface area contributed by atoms with E-state index >= 15 is 0 Å². The van der Waals surface area contributed by atoms with Crippen LogP contribution in [0, 0.1) is 6.92 Å². The number of aryl methyl sites for hydroxylation is 1. The van der Waals surface area contributed by atoms with E-state index in [1.54, 1.807) is 37.4 Å². The van der Waals surface area contributed by atoms with Crippen molar-refractivity contribution in [3.8, 4) is 11.5 Å². The molecule has 0 aliphatic carbocycles. The standard InChI is InChI=1S/C27H26ClNO6/c1-14(2)17-13-18(15(3)11-22(17)34-5)25(30)23-24(21-7-6-10-35-21)29(27(32)26(23)31)16-8-9-20(33-4)19(28)12-16/h6-14,24,30H,1-5H3/b25-23+. The van der Waals surface area contributed by atoms with E-state index in [1.165, 1.54) is 24.3 Å². The van der Waals surface area contributed by atoms with Gasteiger partial charge in [0, 0.05) is 11.3 Å². The Balaban J connectivity index is 1.95. The summed E-state index contributed by atoms with van der Waals surface area (Å²) in [5, 5.41) is 11.8. The number of halogens is 1. The van der Waals surface area contributed by atoms with Gasteiger partial charge in [0.25, 0.3) is 11.7 Å². The number of nitrogens with zero attached hydrogens (tertiary/aromatic N) is 1. The Labute approximate surface area is 208 Å². The van der Waals surface area contributed by atoms with Crippen molar-refractivity contribution in [2.45, 2.75) is 32.7 Å². The number of benzene rings is 2. The first-order valence-electron chi connectivity index (χ1n) is 11.1. The summed E-state index contributed by atoms with van der Waals surface area (Å²) in [6, 6.07) is 10.7. The number of carbonyl (C=O) groups excluding carboxylic acids is 2. The molecule has 4 rings (SSSR count). The first kappa shape index (κ1) is 24.4.